The number of nitrogens with one attached hydrogen (secondary N) is 1. The number of carbonyl (C=O) groups is 3. The number of fused-ring (bicyclic) bond motifs is 1. The smallest absolute Gasteiger partial charge is 0.423 e. The number of hydrogen-bond donors (Lipinski definition) is 4. The van der Waals surface area contributed by atoms with Crippen LogP contribution in [0.4, 0.5) is 8.78 Å². The van der Waals surface area contributed by atoms with Gasteiger partial charge in [0.2, 0.25) is 11.8 Å². The van der Waals surface area contributed by atoms with E-state index in [1.165, 1.54) is 17.0 Å². The van der Waals surface area contributed by atoms with Gasteiger partial charge in [0, 0.05) is 59.8 Å². The predicted molar refractivity (Wildman–Crippen MR) is 160 cm³/mol. The molecule has 1 unspecified atom stereocenters. The van der Waals surface area contributed by atoms with Gasteiger partial charge in [-0.05, 0) is 43.1 Å². The van der Waals surface area contributed by atoms with Crippen LogP contribution in [0.3, 0.4) is 0 Å². The number of halogens is 3. The van der Waals surface area contributed by atoms with Gasteiger partial charge in [0.25, 0.3) is 5.91 Å². The predicted octanol–water partition coefficient (Wildman–Crippen LogP) is 2.53. The number of aliphatic hydroxyl groups excluding tert-OH is 1. The normalized spacial score (nSPS) is 19.2. The molecule has 1 saturated heterocycles. The highest BCUT2D eigenvalue weighted by molar-refractivity contribution is 6.50. The molecule has 0 aliphatic carbocycles. The second-order valence-corrected chi connectivity index (χ2v) is 11.5. The fraction of sp³-hybridized carbons (Fsp3) is 0.367. The van der Waals surface area contributed by atoms with E-state index in [9.17, 15) is 38.3 Å². The molecule has 3 amide bonds. The molecule has 0 bridgehead atoms. The zero-order valence-electron chi connectivity index (χ0n) is 23.9. The summed E-state index contributed by atoms with van der Waals surface area (Å²) >= 11 is 5.81. The van der Waals surface area contributed by atoms with Gasteiger partial charge in [-0.25, -0.2) is 8.78 Å². The van der Waals surface area contributed by atoms with E-state index in [0.29, 0.717) is 40.5 Å². The molecule has 0 spiro atoms. The number of benzene rings is 2. The van der Waals surface area contributed by atoms with E-state index in [-0.39, 0.29) is 49.1 Å². The molecular formula is C30H32BClF2N4O6. The lowest BCUT2D eigenvalue weighted by Crippen LogP contribution is -2.46. The SMILES string of the molecule is CC(O)c1cn(CC(=O)N2C[C@H](F)C[C@H]2C(=O)NCc2cccc(Cl)c2F)c2ccc(C(=O)N3CC=C(B(O)O)CC3)cc12. The number of aromatic nitrogens is 1. The average Bonchev–Trinajstić information content (AvgIpc) is 3.57. The first-order chi connectivity index (χ1) is 20.9. The third-order valence-electron chi connectivity index (χ3n) is 8.14. The topological polar surface area (TPSA) is 135 Å². The fourth-order valence-corrected chi connectivity index (χ4v) is 5.93. The Morgan fingerprint density at radius 3 is 2.66 bits per heavy atom. The second kappa shape index (κ2) is 13.1. The molecule has 0 saturated carbocycles. The molecule has 3 aromatic rings. The highest BCUT2D eigenvalue weighted by atomic mass is 35.5. The van der Waals surface area contributed by atoms with E-state index in [4.69, 9.17) is 11.6 Å². The van der Waals surface area contributed by atoms with E-state index < -0.39 is 43.1 Å². The van der Waals surface area contributed by atoms with Gasteiger partial charge in [-0.3, -0.25) is 14.4 Å². The largest absolute Gasteiger partial charge is 0.483 e. The van der Waals surface area contributed by atoms with Crippen molar-refractivity contribution in [1.29, 1.82) is 0 Å². The summed E-state index contributed by atoms with van der Waals surface area (Å²) in [5.74, 6) is -2.07. The fourth-order valence-electron chi connectivity index (χ4n) is 5.74. The molecule has 44 heavy (non-hydrogen) atoms. The molecule has 10 nitrogen and oxygen atoms in total. The molecule has 1 fully saturated rings. The van der Waals surface area contributed by atoms with Gasteiger partial charge < -0.3 is 34.8 Å². The highest BCUT2D eigenvalue weighted by Gasteiger charge is 2.40. The molecule has 4 N–H and O–H groups in total. The van der Waals surface area contributed by atoms with E-state index in [2.05, 4.69) is 5.32 Å². The van der Waals surface area contributed by atoms with Crippen LogP contribution in [0.2, 0.25) is 5.02 Å². The monoisotopic (exact) mass is 628 g/mol. The Hall–Kier alpha value is -3.78. The van der Waals surface area contributed by atoms with Gasteiger partial charge in [-0.2, -0.15) is 0 Å². The molecule has 232 valence electrons. The Balaban J connectivity index is 1.33. The van der Waals surface area contributed by atoms with Gasteiger partial charge in [0.05, 0.1) is 17.7 Å². The van der Waals surface area contributed by atoms with Gasteiger partial charge in [-0.15, -0.1) is 0 Å². The van der Waals surface area contributed by atoms with Crippen molar-refractivity contribution >= 4 is 47.3 Å². The van der Waals surface area contributed by atoms with Crippen LogP contribution in [0, 0.1) is 5.82 Å². The summed E-state index contributed by atoms with van der Waals surface area (Å²) in [5, 5.41) is 32.3. The maximum Gasteiger partial charge on any atom is 0.483 e. The van der Waals surface area contributed by atoms with Gasteiger partial charge in [-0.1, -0.05) is 29.8 Å². The minimum absolute atomic E-state index is 0.0914. The van der Waals surface area contributed by atoms with Crippen molar-refractivity contribution in [2.45, 2.75) is 51.2 Å². The Labute approximate surface area is 257 Å². The van der Waals surface area contributed by atoms with Crippen molar-refractivity contribution in [3.05, 3.63) is 81.7 Å². The number of hydrogen-bond acceptors (Lipinski definition) is 6. The summed E-state index contributed by atoms with van der Waals surface area (Å²) in [7, 11) is -1.56. The van der Waals surface area contributed by atoms with Crippen LogP contribution >= 0.6 is 11.6 Å². The van der Waals surface area contributed by atoms with Gasteiger partial charge in [0.15, 0.2) is 0 Å². The van der Waals surface area contributed by atoms with Crippen molar-refractivity contribution in [3.8, 4) is 0 Å². The van der Waals surface area contributed by atoms with Crippen molar-refractivity contribution in [1.82, 2.24) is 19.7 Å². The Kier molecular flexibility index (Phi) is 9.40. The lowest BCUT2D eigenvalue weighted by Gasteiger charge is -2.26. The van der Waals surface area contributed by atoms with Crippen LogP contribution in [0.1, 0.15) is 47.4 Å². The lowest BCUT2D eigenvalue weighted by atomic mass is 9.76. The van der Waals surface area contributed by atoms with E-state index in [1.54, 1.807) is 52.9 Å². The first-order valence-electron chi connectivity index (χ1n) is 14.2. The Morgan fingerprint density at radius 2 is 1.98 bits per heavy atom. The second-order valence-electron chi connectivity index (χ2n) is 11.1. The third-order valence-corrected chi connectivity index (χ3v) is 8.43. The quantitative estimate of drug-likeness (QED) is 0.283. The van der Waals surface area contributed by atoms with Crippen molar-refractivity contribution in [3.63, 3.8) is 0 Å². The Morgan fingerprint density at radius 1 is 1.20 bits per heavy atom. The zero-order chi connectivity index (χ0) is 31.7. The number of rotatable bonds is 8. The van der Waals surface area contributed by atoms with Crippen molar-refractivity contribution in [2.24, 2.45) is 0 Å². The van der Waals surface area contributed by atoms with Crippen molar-refractivity contribution < 1.29 is 38.3 Å². The van der Waals surface area contributed by atoms with Crippen molar-refractivity contribution in [2.75, 3.05) is 19.6 Å². The number of nitrogens with zero attached hydrogens (tertiary/aromatic N) is 3. The van der Waals surface area contributed by atoms with E-state index in [0.717, 1.165) is 0 Å². The maximum absolute atomic E-state index is 14.5. The molecular weight excluding hydrogens is 597 g/mol. The summed E-state index contributed by atoms with van der Waals surface area (Å²) in [6, 6.07) is 8.21. The number of alkyl halides is 1. The molecule has 1 aromatic heterocycles. The molecule has 2 aromatic carbocycles. The summed E-state index contributed by atoms with van der Waals surface area (Å²) < 4.78 is 30.4. The molecule has 3 heterocycles. The third kappa shape index (κ3) is 6.51. The van der Waals surface area contributed by atoms with Crippen LogP contribution in [0.15, 0.2) is 54.1 Å². The molecule has 14 heteroatoms. The summed E-state index contributed by atoms with van der Waals surface area (Å²) in [5.41, 5.74) is 2.01. The maximum atomic E-state index is 14.5. The van der Waals surface area contributed by atoms with Crippen LogP contribution < -0.4 is 5.32 Å². The van der Waals surface area contributed by atoms with Crippen LogP contribution in [-0.2, 0) is 22.7 Å². The minimum atomic E-state index is -1.56. The minimum Gasteiger partial charge on any atom is -0.423 e. The first-order valence-corrected chi connectivity index (χ1v) is 14.6. The molecule has 2 aliphatic rings. The first kappa shape index (κ1) is 31.6. The zero-order valence-corrected chi connectivity index (χ0v) is 24.7. The number of aliphatic hydroxyl groups is 1. The summed E-state index contributed by atoms with van der Waals surface area (Å²) in [4.78, 5) is 42.4. The van der Waals surface area contributed by atoms with E-state index >= 15 is 0 Å². The molecule has 5 rings (SSSR count). The highest BCUT2D eigenvalue weighted by Crippen LogP contribution is 2.30. The number of likely N-dealkylation sites (tertiary alicyclic amines) is 1. The lowest BCUT2D eigenvalue weighted by molar-refractivity contribution is -0.139. The van der Waals surface area contributed by atoms with Gasteiger partial charge in [0.1, 0.15) is 24.6 Å². The van der Waals surface area contributed by atoms with Crippen LogP contribution in [0.25, 0.3) is 10.9 Å². The summed E-state index contributed by atoms with van der Waals surface area (Å²) in [6.07, 6.45) is 0.990. The number of amides is 3. The van der Waals surface area contributed by atoms with Crippen LogP contribution in [0.5, 0.6) is 0 Å². The summed E-state index contributed by atoms with van der Waals surface area (Å²) in [6.45, 7) is 1.38. The standard InChI is InChI=1S/C30H32BClF2N4O6/c1-17(39)23-15-37(25-6-5-18(11-22(23)25)30(42)36-9-7-20(8-10-36)31(43)44)16-27(40)38-14-21(33)12-26(38)29(41)35-13-19-3-2-4-24(32)28(19)34/h2-7,11,15,17,21,26,39,43-44H,8-10,12-14,16H2,1H3,(H,35,41)/t17?,21-,26+/m1/s1. The number of carbonyl (C=O) groups excluding carboxylic acids is 3. The van der Waals surface area contributed by atoms with Gasteiger partial charge >= 0.3 is 7.12 Å². The molecule has 2 aliphatic heterocycles. The molecule has 3 atom stereocenters. The Bertz CT molecular complexity index is 1630. The van der Waals surface area contributed by atoms with Crippen LogP contribution in [-0.4, -0.2) is 86.2 Å². The van der Waals surface area contributed by atoms with E-state index in [1.807, 2.05) is 0 Å². The average molecular weight is 629 g/mol. The molecule has 0 radical (unpaired) electrons.